The van der Waals surface area contributed by atoms with E-state index < -0.39 is 29.3 Å². The second kappa shape index (κ2) is 5.49. The molecule has 3 atom stereocenters. The zero-order chi connectivity index (χ0) is 14.0. The zero-order valence-electron chi connectivity index (χ0n) is 11.2. The predicted octanol–water partition coefficient (Wildman–Crippen LogP) is 1.85. The van der Waals surface area contributed by atoms with Gasteiger partial charge in [-0.3, -0.25) is 9.59 Å². The minimum atomic E-state index is -1.36. The Morgan fingerprint density at radius 2 is 1.63 bits per heavy atom. The van der Waals surface area contributed by atoms with E-state index in [4.69, 9.17) is 5.73 Å². The molecule has 0 unspecified atom stereocenters. The van der Waals surface area contributed by atoms with E-state index in [1.165, 1.54) is 0 Å². The van der Waals surface area contributed by atoms with Crippen molar-refractivity contribution in [3.8, 4) is 0 Å². The average Bonchev–Trinajstić information content (AvgIpc) is 2.39. The van der Waals surface area contributed by atoms with Crippen LogP contribution in [0.1, 0.15) is 51.4 Å². The first-order valence-corrected chi connectivity index (χ1v) is 7.22. The largest absolute Gasteiger partial charge is 0.481 e. The van der Waals surface area contributed by atoms with Crippen LogP contribution >= 0.6 is 0 Å². The minimum absolute atomic E-state index is 0.149. The number of hydrogen-bond acceptors (Lipinski definition) is 3. The smallest absolute Gasteiger partial charge is 0.324 e. The van der Waals surface area contributed by atoms with Gasteiger partial charge in [0.25, 0.3) is 0 Å². The van der Waals surface area contributed by atoms with Crippen molar-refractivity contribution in [2.75, 3.05) is 0 Å². The number of carboxylic acid groups (broad SMARTS) is 2. The van der Waals surface area contributed by atoms with E-state index in [0.29, 0.717) is 19.3 Å². The summed E-state index contributed by atoms with van der Waals surface area (Å²) in [6.07, 6.45) is 6.65. The quantitative estimate of drug-likeness (QED) is 0.726. The van der Waals surface area contributed by atoms with Crippen molar-refractivity contribution in [3.05, 3.63) is 0 Å². The van der Waals surface area contributed by atoms with Gasteiger partial charge in [0.1, 0.15) is 5.54 Å². The fourth-order valence-corrected chi connectivity index (χ4v) is 4.09. The van der Waals surface area contributed by atoms with Crippen LogP contribution in [0.5, 0.6) is 0 Å². The van der Waals surface area contributed by atoms with E-state index >= 15 is 0 Å². The summed E-state index contributed by atoms with van der Waals surface area (Å²) in [6, 6.07) is 0. The normalized spacial score (nSPS) is 36.9. The second-order valence-electron chi connectivity index (χ2n) is 6.11. The number of carboxylic acids is 2. The average molecular weight is 269 g/mol. The molecule has 0 aromatic carbocycles. The summed E-state index contributed by atoms with van der Waals surface area (Å²) in [6.45, 7) is 0. The van der Waals surface area contributed by atoms with Crippen LogP contribution in [0, 0.1) is 17.8 Å². The number of carbonyl (C=O) groups is 2. The third-order valence-electron chi connectivity index (χ3n) is 5.01. The molecule has 5 nitrogen and oxygen atoms in total. The summed E-state index contributed by atoms with van der Waals surface area (Å²) in [7, 11) is 0. The van der Waals surface area contributed by atoms with Crippen molar-refractivity contribution >= 4 is 11.9 Å². The van der Waals surface area contributed by atoms with Gasteiger partial charge in [0.15, 0.2) is 0 Å². The Morgan fingerprint density at radius 1 is 1.00 bits per heavy atom. The third kappa shape index (κ3) is 2.61. The summed E-state index contributed by atoms with van der Waals surface area (Å²) in [5, 5.41) is 18.9. The predicted molar refractivity (Wildman–Crippen MR) is 69.6 cm³/mol. The van der Waals surface area contributed by atoms with Crippen molar-refractivity contribution in [2.24, 2.45) is 23.5 Å². The van der Waals surface area contributed by atoms with E-state index in [1.807, 2.05) is 0 Å². The minimum Gasteiger partial charge on any atom is -0.481 e. The molecule has 2 saturated carbocycles. The molecular formula is C14H23NO4. The molecule has 2 aliphatic carbocycles. The standard InChI is InChI=1S/C14H23NO4/c15-14(13(18)19)8-4-7-10(12(16)17)11(14)9-5-2-1-3-6-9/h9-11H,1-8,15H2,(H,16,17)(H,18,19)/t10-,11-,14-/m0/s1. The third-order valence-corrected chi connectivity index (χ3v) is 5.01. The molecule has 0 amide bonds. The van der Waals surface area contributed by atoms with Crippen molar-refractivity contribution in [3.63, 3.8) is 0 Å². The summed E-state index contributed by atoms with van der Waals surface area (Å²) >= 11 is 0. The van der Waals surface area contributed by atoms with Crippen molar-refractivity contribution in [1.29, 1.82) is 0 Å². The topological polar surface area (TPSA) is 101 Å². The lowest BCUT2D eigenvalue weighted by Gasteiger charge is -2.46. The van der Waals surface area contributed by atoms with Gasteiger partial charge in [-0.1, -0.05) is 38.5 Å². The Morgan fingerprint density at radius 3 is 2.16 bits per heavy atom. The maximum Gasteiger partial charge on any atom is 0.324 e. The van der Waals surface area contributed by atoms with Crippen LogP contribution in [-0.2, 0) is 9.59 Å². The Balaban J connectivity index is 2.31. The van der Waals surface area contributed by atoms with E-state index in [-0.39, 0.29) is 5.92 Å². The van der Waals surface area contributed by atoms with Gasteiger partial charge in [-0.2, -0.15) is 0 Å². The molecule has 2 fully saturated rings. The first-order valence-electron chi connectivity index (χ1n) is 7.22. The second-order valence-corrected chi connectivity index (χ2v) is 6.11. The molecule has 0 spiro atoms. The SMILES string of the molecule is N[C@@]1(C(=O)O)CCC[C@H](C(=O)O)[C@@H]1C1CCCCC1. The molecule has 2 aliphatic rings. The Hall–Kier alpha value is -1.10. The van der Waals surface area contributed by atoms with Crippen LogP contribution in [0.2, 0.25) is 0 Å². The number of nitrogens with two attached hydrogens (primary N) is 1. The molecule has 0 radical (unpaired) electrons. The van der Waals surface area contributed by atoms with Gasteiger partial charge in [-0.05, 0) is 18.8 Å². The molecule has 4 N–H and O–H groups in total. The van der Waals surface area contributed by atoms with Gasteiger partial charge in [0, 0.05) is 5.92 Å². The maximum atomic E-state index is 11.6. The lowest BCUT2D eigenvalue weighted by molar-refractivity contribution is -0.157. The van der Waals surface area contributed by atoms with Crippen LogP contribution in [0.3, 0.4) is 0 Å². The molecular weight excluding hydrogens is 246 g/mol. The van der Waals surface area contributed by atoms with Crippen LogP contribution in [-0.4, -0.2) is 27.7 Å². The highest BCUT2D eigenvalue weighted by molar-refractivity contribution is 5.81. The Bertz CT molecular complexity index is 364. The van der Waals surface area contributed by atoms with E-state index in [2.05, 4.69) is 0 Å². The lowest BCUT2D eigenvalue weighted by Crippen LogP contribution is -2.61. The highest BCUT2D eigenvalue weighted by atomic mass is 16.4. The van der Waals surface area contributed by atoms with Gasteiger partial charge in [0.05, 0.1) is 5.92 Å². The first kappa shape index (κ1) is 14.3. The maximum absolute atomic E-state index is 11.6. The van der Waals surface area contributed by atoms with Gasteiger partial charge in [-0.25, -0.2) is 0 Å². The molecule has 0 saturated heterocycles. The summed E-state index contributed by atoms with van der Waals surface area (Å²) in [5.41, 5.74) is 4.78. The van der Waals surface area contributed by atoms with Crippen LogP contribution in [0.25, 0.3) is 0 Å². The van der Waals surface area contributed by atoms with E-state index in [9.17, 15) is 19.8 Å². The van der Waals surface area contributed by atoms with Gasteiger partial charge in [0.2, 0.25) is 0 Å². The van der Waals surface area contributed by atoms with Crippen LogP contribution in [0.15, 0.2) is 0 Å². The lowest BCUT2D eigenvalue weighted by atomic mass is 9.59. The van der Waals surface area contributed by atoms with Gasteiger partial charge < -0.3 is 15.9 Å². The van der Waals surface area contributed by atoms with Crippen LogP contribution in [0.4, 0.5) is 0 Å². The first-order chi connectivity index (χ1) is 8.97. The van der Waals surface area contributed by atoms with E-state index in [0.717, 1.165) is 32.1 Å². The summed E-state index contributed by atoms with van der Waals surface area (Å²) < 4.78 is 0. The molecule has 0 bridgehead atoms. The van der Waals surface area contributed by atoms with Crippen molar-refractivity contribution in [2.45, 2.75) is 56.9 Å². The molecule has 0 aromatic heterocycles. The molecule has 2 rings (SSSR count). The number of aliphatic carboxylic acids is 2. The highest BCUT2D eigenvalue weighted by Gasteiger charge is 2.53. The van der Waals surface area contributed by atoms with Crippen LogP contribution < -0.4 is 5.73 Å². The molecule has 0 heterocycles. The Labute approximate surface area is 113 Å². The van der Waals surface area contributed by atoms with Crippen molar-refractivity contribution in [1.82, 2.24) is 0 Å². The molecule has 0 aromatic rings. The highest BCUT2D eigenvalue weighted by Crippen LogP contribution is 2.46. The molecule has 0 aliphatic heterocycles. The fraction of sp³-hybridized carbons (Fsp3) is 0.857. The zero-order valence-corrected chi connectivity index (χ0v) is 11.2. The molecule has 19 heavy (non-hydrogen) atoms. The monoisotopic (exact) mass is 269 g/mol. The number of hydrogen-bond donors (Lipinski definition) is 3. The van der Waals surface area contributed by atoms with Gasteiger partial charge in [-0.15, -0.1) is 0 Å². The van der Waals surface area contributed by atoms with Crippen molar-refractivity contribution < 1.29 is 19.8 Å². The Kier molecular flexibility index (Phi) is 4.13. The fourth-order valence-electron chi connectivity index (χ4n) is 4.09. The summed E-state index contributed by atoms with van der Waals surface area (Å²) in [5.74, 6) is -2.79. The van der Waals surface area contributed by atoms with E-state index in [1.54, 1.807) is 0 Å². The summed E-state index contributed by atoms with van der Waals surface area (Å²) in [4.78, 5) is 23.0. The number of rotatable bonds is 3. The van der Waals surface area contributed by atoms with Gasteiger partial charge >= 0.3 is 11.9 Å². The molecule has 108 valence electrons. The molecule has 5 heteroatoms.